The molecule has 2 aliphatic rings. The Labute approximate surface area is 189 Å². The van der Waals surface area contributed by atoms with Gasteiger partial charge in [0, 0.05) is 12.5 Å². The normalized spacial score (nSPS) is 23.3. The van der Waals surface area contributed by atoms with Crippen LogP contribution in [0.2, 0.25) is 6.32 Å². The predicted molar refractivity (Wildman–Crippen MR) is 125 cm³/mol. The van der Waals surface area contributed by atoms with Gasteiger partial charge in [-0.3, -0.25) is 9.59 Å². The van der Waals surface area contributed by atoms with Crippen LogP contribution in [-0.4, -0.2) is 54.3 Å². The van der Waals surface area contributed by atoms with E-state index in [4.69, 9.17) is 9.31 Å². The molecule has 2 saturated heterocycles. The summed E-state index contributed by atoms with van der Waals surface area (Å²) >= 11 is 0. The summed E-state index contributed by atoms with van der Waals surface area (Å²) in [6.07, 6.45) is 4.80. The van der Waals surface area contributed by atoms with Crippen molar-refractivity contribution in [3.8, 4) is 0 Å². The Morgan fingerprint density at radius 2 is 1.55 bits per heavy atom. The van der Waals surface area contributed by atoms with E-state index in [9.17, 15) is 9.59 Å². The molecule has 0 bridgehead atoms. The van der Waals surface area contributed by atoms with Crippen molar-refractivity contribution in [2.24, 2.45) is 5.92 Å². The predicted octanol–water partition coefficient (Wildman–Crippen LogP) is 3.04. The number of rotatable bonds is 8. The number of carbonyl (C=O) groups excluding carboxylic acids is 2. The highest BCUT2D eigenvalue weighted by Crippen LogP contribution is 2.38. The van der Waals surface area contributed by atoms with Crippen molar-refractivity contribution in [1.82, 2.24) is 16.0 Å². The van der Waals surface area contributed by atoms with E-state index in [0.29, 0.717) is 6.42 Å². The Kier molecular flexibility index (Phi) is 8.26. The van der Waals surface area contributed by atoms with Crippen molar-refractivity contribution in [3.05, 3.63) is 0 Å². The van der Waals surface area contributed by atoms with Gasteiger partial charge in [-0.25, -0.2) is 0 Å². The van der Waals surface area contributed by atoms with Gasteiger partial charge in [-0.2, -0.15) is 0 Å². The maximum absolute atomic E-state index is 13.5. The topological polar surface area (TPSA) is 88.7 Å². The minimum absolute atomic E-state index is 0.0715. The van der Waals surface area contributed by atoms with E-state index in [1.54, 1.807) is 0 Å². The quantitative estimate of drug-likeness (QED) is 0.401. The summed E-state index contributed by atoms with van der Waals surface area (Å²) in [4.78, 5) is 25.8. The standard InChI is InChI=1S/C23H44BN3O4/c1-17(28)26-23(18-11-15-25-16-12-18,19(29)27-20(2,3)4)13-9-10-14-24-30-21(5,6)22(7,8)31-24/h18,25H,9-16H2,1-8H3,(H,26,28)(H,27,29). The molecule has 0 aliphatic carbocycles. The molecule has 0 aromatic rings. The van der Waals surface area contributed by atoms with E-state index in [1.165, 1.54) is 6.92 Å². The molecule has 2 aliphatic heterocycles. The molecule has 178 valence electrons. The van der Waals surface area contributed by atoms with Gasteiger partial charge >= 0.3 is 7.12 Å². The fourth-order valence-electron chi connectivity index (χ4n) is 4.60. The maximum Gasteiger partial charge on any atom is 0.457 e. The highest BCUT2D eigenvalue weighted by atomic mass is 16.7. The van der Waals surface area contributed by atoms with Crippen LogP contribution in [0.3, 0.4) is 0 Å². The summed E-state index contributed by atoms with van der Waals surface area (Å²) in [6.45, 7) is 17.4. The highest BCUT2D eigenvalue weighted by molar-refractivity contribution is 6.45. The van der Waals surface area contributed by atoms with Gasteiger partial charge in [0.05, 0.1) is 11.2 Å². The molecule has 3 N–H and O–H groups in total. The number of nitrogens with one attached hydrogen (secondary N) is 3. The van der Waals surface area contributed by atoms with Crippen molar-refractivity contribution < 1.29 is 18.9 Å². The molecule has 2 fully saturated rings. The number of amides is 2. The fourth-order valence-corrected chi connectivity index (χ4v) is 4.60. The SMILES string of the molecule is CC(=O)NC(CCCCB1OC(C)(C)C(C)(C)O1)(C(=O)NC(C)(C)C)C1CCNCC1. The lowest BCUT2D eigenvalue weighted by Crippen LogP contribution is -2.66. The van der Waals surface area contributed by atoms with Crippen molar-refractivity contribution in [3.63, 3.8) is 0 Å². The van der Waals surface area contributed by atoms with Crippen LogP contribution in [0.25, 0.3) is 0 Å². The number of piperidine rings is 1. The van der Waals surface area contributed by atoms with Crippen molar-refractivity contribution in [2.45, 2.75) is 116 Å². The minimum atomic E-state index is -0.892. The van der Waals surface area contributed by atoms with Crippen LogP contribution in [0, 0.1) is 5.92 Å². The zero-order valence-electron chi connectivity index (χ0n) is 20.9. The Balaban J connectivity index is 2.10. The third kappa shape index (κ3) is 6.68. The smallest absolute Gasteiger partial charge is 0.403 e. The van der Waals surface area contributed by atoms with Gasteiger partial charge < -0.3 is 25.3 Å². The third-order valence-corrected chi connectivity index (χ3v) is 6.89. The second kappa shape index (κ2) is 9.80. The van der Waals surface area contributed by atoms with Crippen molar-refractivity contribution >= 4 is 18.9 Å². The van der Waals surface area contributed by atoms with Crippen LogP contribution >= 0.6 is 0 Å². The Hall–Kier alpha value is -1.12. The summed E-state index contributed by atoms with van der Waals surface area (Å²) in [6, 6.07) is 0. The third-order valence-electron chi connectivity index (χ3n) is 6.89. The molecular weight excluding hydrogens is 393 g/mol. The van der Waals surface area contributed by atoms with Crippen LogP contribution in [0.4, 0.5) is 0 Å². The van der Waals surface area contributed by atoms with E-state index in [1.807, 2.05) is 20.8 Å². The van der Waals surface area contributed by atoms with Crippen LogP contribution in [-0.2, 0) is 18.9 Å². The molecule has 2 rings (SSSR count). The average molecular weight is 437 g/mol. The van der Waals surface area contributed by atoms with E-state index in [-0.39, 0.29) is 41.6 Å². The molecule has 0 spiro atoms. The fraction of sp³-hybridized carbons (Fsp3) is 0.913. The molecule has 8 heteroatoms. The highest BCUT2D eigenvalue weighted by Gasteiger charge is 2.51. The van der Waals surface area contributed by atoms with Crippen LogP contribution in [0.1, 0.15) is 87.5 Å². The first-order chi connectivity index (χ1) is 14.2. The Morgan fingerprint density at radius 3 is 2.03 bits per heavy atom. The molecule has 2 heterocycles. The first-order valence-electron chi connectivity index (χ1n) is 11.9. The molecule has 0 aromatic heterocycles. The van der Waals surface area contributed by atoms with E-state index >= 15 is 0 Å². The molecule has 0 saturated carbocycles. The van der Waals surface area contributed by atoms with Gasteiger partial charge in [-0.15, -0.1) is 0 Å². The van der Waals surface area contributed by atoms with Gasteiger partial charge in [0.25, 0.3) is 0 Å². The lowest BCUT2D eigenvalue weighted by Gasteiger charge is -2.43. The summed E-state index contributed by atoms with van der Waals surface area (Å²) in [5, 5.41) is 9.61. The number of unbranched alkanes of at least 4 members (excludes halogenated alkanes) is 1. The van der Waals surface area contributed by atoms with E-state index in [2.05, 4.69) is 43.6 Å². The number of hydrogen-bond donors (Lipinski definition) is 3. The molecule has 0 radical (unpaired) electrons. The van der Waals surface area contributed by atoms with Gasteiger partial charge in [0.15, 0.2) is 0 Å². The zero-order valence-corrected chi connectivity index (χ0v) is 20.9. The summed E-state index contributed by atoms with van der Waals surface area (Å²) in [5.41, 5.74) is -1.92. The minimum Gasteiger partial charge on any atom is -0.403 e. The van der Waals surface area contributed by atoms with Gasteiger partial charge in [-0.1, -0.05) is 12.8 Å². The first kappa shape index (κ1) is 26.1. The van der Waals surface area contributed by atoms with Gasteiger partial charge in [0.1, 0.15) is 5.54 Å². The molecule has 2 amide bonds. The largest absolute Gasteiger partial charge is 0.457 e. The van der Waals surface area contributed by atoms with E-state index in [0.717, 1.165) is 45.1 Å². The van der Waals surface area contributed by atoms with E-state index < -0.39 is 5.54 Å². The molecule has 1 atom stereocenters. The average Bonchev–Trinajstić information content (AvgIpc) is 2.83. The summed E-state index contributed by atoms with van der Waals surface area (Å²) in [5.74, 6) is -0.122. The molecule has 31 heavy (non-hydrogen) atoms. The Bertz CT molecular complexity index is 625. The Morgan fingerprint density at radius 1 is 1.00 bits per heavy atom. The molecular formula is C23H44BN3O4. The summed E-state index contributed by atoms with van der Waals surface area (Å²) < 4.78 is 12.2. The zero-order chi connectivity index (χ0) is 23.5. The van der Waals surface area contributed by atoms with Crippen molar-refractivity contribution in [1.29, 1.82) is 0 Å². The van der Waals surface area contributed by atoms with Crippen LogP contribution < -0.4 is 16.0 Å². The maximum atomic E-state index is 13.5. The van der Waals surface area contributed by atoms with Gasteiger partial charge in [-0.05, 0) is 93.1 Å². The lowest BCUT2D eigenvalue weighted by atomic mass is 9.72. The monoisotopic (exact) mass is 437 g/mol. The number of hydrogen-bond acceptors (Lipinski definition) is 5. The van der Waals surface area contributed by atoms with Crippen molar-refractivity contribution in [2.75, 3.05) is 13.1 Å². The second-order valence-electron chi connectivity index (χ2n) is 11.3. The van der Waals surface area contributed by atoms with Crippen LogP contribution in [0.5, 0.6) is 0 Å². The first-order valence-corrected chi connectivity index (χ1v) is 11.9. The lowest BCUT2D eigenvalue weighted by molar-refractivity contribution is -0.137. The summed E-state index contributed by atoms with van der Waals surface area (Å²) in [7, 11) is -0.234. The molecule has 1 unspecified atom stereocenters. The molecule has 0 aromatic carbocycles. The second-order valence-corrected chi connectivity index (χ2v) is 11.3. The molecule has 7 nitrogen and oxygen atoms in total. The van der Waals surface area contributed by atoms with Crippen LogP contribution in [0.15, 0.2) is 0 Å². The number of carbonyl (C=O) groups is 2. The van der Waals surface area contributed by atoms with Gasteiger partial charge in [0.2, 0.25) is 11.8 Å².